The second-order valence-electron chi connectivity index (χ2n) is 5.21. The van der Waals surface area contributed by atoms with Gasteiger partial charge in [0.25, 0.3) is 0 Å². The first kappa shape index (κ1) is 18.3. The molecule has 3 rings (SSSR count). The lowest BCUT2D eigenvalue weighted by atomic mass is 10.0. The van der Waals surface area contributed by atoms with Crippen LogP contribution in [0.15, 0.2) is 65.6 Å². The largest absolute Gasteiger partial charge is 0.446 e. The van der Waals surface area contributed by atoms with Crippen molar-refractivity contribution in [3.8, 4) is 0 Å². The fraction of sp³-hybridized carbons (Fsp3) is 0.176. The van der Waals surface area contributed by atoms with Gasteiger partial charge in [-0.3, -0.25) is 0 Å². The number of alkyl halides is 6. The fourth-order valence-corrected chi connectivity index (χ4v) is 5.00. The topological polar surface area (TPSA) is 0 Å². The maximum Gasteiger partial charge on any atom is 0.446 e. The predicted octanol–water partition coefficient (Wildman–Crippen LogP) is 6.81. The molecule has 1 aliphatic carbocycles. The van der Waals surface area contributed by atoms with Crippen molar-refractivity contribution in [3.05, 3.63) is 76.7 Å². The van der Waals surface area contributed by atoms with Crippen molar-refractivity contribution in [1.82, 2.24) is 0 Å². The molecule has 1 unspecified atom stereocenters. The normalized spacial score (nSPS) is 20.7. The number of benzene rings is 2. The van der Waals surface area contributed by atoms with Gasteiger partial charge in [-0.15, -0.1) is 0 Å². The van der Waals surface area contributed by atoms with Crippen LogP contribution < -0.4 is 0 Å². The average molecular weight is 392 g/mol. The summed E-state index contributed by atoms with van der Waals surface area (Å²) in [6.45, 7) is 0. The van der Waals surface area contributed by atoms with E-state index in [9.17, 15) is 26.3 Å². The lowest BCUT2D eigenvalue weighted by Gasteiger charge is -2.22. The highest BCUT2D eigenvalue weighted by Gasteiger charge is 2.63. The van der Waals surface area contributed by atoms with E-state index in [1.165, 1.54) is 36.4 Å². The molecule has 25 heavy (non-hydrogen) atoms. The molecule has 0 aromatic heterocycles. The zero-order chi connectivity index (χ0) is 18.3. The van der Waals surface area contributed by atoms with Crippen molar-refractivity contribution >= 4 is 29.1 Å². The number of thioether (sulfide) groups is 2. The van der Waals surface area contributed by atoms with E-state index >= 15 is 0 Å². The van der Waals surface area contributed by atoms with E-state index in [1.807, 2.05) is 0 Å². The van der Waals surface area contributed by atoms with Gasteiger partial charge in [0.15, 0.2) is 0 Å². The van der Waals surface area contributed by atoms with Crippen LogP contribution in [0.2, 0.25) is 0 Å². The monoisotopic (exact) mass is 392 g/mol. The molecule has 0 fully saturated rings. The number of halogens is 6. The smallest absolute Gasteiger partial charge is 0.160 e. The van der Waals surface area contributed by atoms with Crippen LogP contribution in [0.25, 0.3) is 5.57 Å². The van der Waals surface area contributed by atoms with Crippen molar-refractivity contribution in [1.29, 1.82) is 0 Å². The first-order chi connectivity index (χ1) is 11.6. The summed E-state index contributed by atoms with van der Waals surface area (Å²) in [5, 5.41) is 0. The Morgan fingerprint density at radius 3 is 1.68 bits per heavy atom. The molecule has 0 saturated carbocycles. The Balaban J connectivity index is 2.13. The molecule has 0 spiro atoms. The molecule has 2 aromatic rings. The lowest BCUT2D eigenvalue weighted by molar-refractivity contribution is -0.0345. The molecule has 1 aliphatic rings. The minimum Gasteiger partial charge on any atom is -0.160 e. The van der Waals surface area contributed by atoms with Crippen LogP contribution >= 0.6 is 23.5 Å². The van der Waals surface area contributed by atoms with Crippen molar-refractivity contribution in [2.45, 2.75) is 15.8 Å². The predicted molar refractivity (Wildman–Crippen MR) is 88.8 cm³/mol. The maximum absolute atomic E-state index is 13.2. The van der Waals surface area contributed by atoms with Crippen molar-refractivity contribution in [2.75, 3.05) is 0 Å². The van der Waals surface area contributed by atoms with E-state index in [4.69, 9.17) is 0 Å². The molecular formula is C17H10F6S2. The van der Waals surface area contributed by atoms with Gasteiger partial charge >= 0.3 is 11.0 Å². The maximum atomic E-state index is 13.2. The van der Waals surface area contributed by atoms with Gasteiger partial charge in [0.05, 0.1) is 0 Å². The summed E-state index contributed by atoms with van der Waals surface area (Å²) >= 11 is -0.893. The lowest BCUT2D eigenvalue weighted by Crippen LogP contribution is -2.17. The van der Waals surface area contributed by atoms with Gasteiger partial charge < -0.3 is 0 Å². The Morgan fingerprint density at radius 1 is 0.680 bits per heavy atom. The van der Waals surface area contributed by atoms with Crippen LogP contribution in [-0.4, -0.2) is 11.0 Å². The summed E-state index contributed by atoms with van der Waals surface area (Å²) in [5.41, 5.74) is -8.76. The highest BCUT2D eigenvalue weighted by Crippen LogP contribution is 2.74. The minimum absolute atomic E-state index is 0.0592. The van der Waals surface area contributed by atoms with Crippen molar-refractivity contribution < 1.29 is 26.3 Å². The molecule has 0 bridgehead atoms. The molecule has 2 aromatic carbocycles. The third kappa shape index (κ3) is 3.84. The second kappa shape index (κ2) is 6.32. The van der Waals surface area contributed by atoms with Crippen LogP contribution in [0.3, 0.4) is 0 Å². The Morgan fingerprint density at radius 2 is 1.20 bits per heavy atom. The Bertz CT molecular complexity index is 780. The van der Waals surface area contributed by atoms with Crippen molar-refractivity contribution in [2.24, 2.45) is 0 Å². The highest BCUT2D eigenvalue weighted by molar-refractivity contribution is 8.08. The molecule has 132 valence electrons. The fourth-order valence-electron chi connectivity index (χ4n) is 2.70. The third-order valence-electron chi connectivity index (χ3n) is 3.57. The van der Waals surface area contributed by atoms with E-state index in [-0.39, 0.29) is 16.0 Å². The summed E-state index contributed by atoms with van der Waals surface area (Å²) in [7, 11) is 0. The summed E-state index contributed by atoms with van der Waals surface area (Å²) in [4.78, 5) is -0.320. The summed E-state index contributed by atoms with van der Waals surface area (Å²) in [6.07, 6.45) is 0. The van der Waals surface area contributed by atoms with E-state index in [0.29, 0.717) is 5.56 Å². The third-order valence-corrected chi connectivity index (χ3v) is 5.82. The van der Waals surface area contributed by atoms with Crippen LogP contribution in [0, 0.1) is 0 Å². The van der Waals surface area contributed by atoms with Crippen LogP contribution in [-0.2, 0) is 4.75 Å². The molecule has 0 amide bonds. The van der Waals surface area contributed by atoms with Crippen LogP contribution in [0.1, 0.15) is 11.1 Å². The standard InChI is InChI=1S/C17H10F6S2/c18-16(19,20)24-14-13(11-7-3-1-4-8-11)15(14,25-17(21,22)23)12-9-5-2-6-10-12/h1-10H. The molecule has 0 aliphatic heterocycles. The summed E-state index contributed by atoms with van der Waals surface area (Å²) in [5.74, 6) is 0. The van der Waals surface area contributed by atoms with E-state index in [0.717, 1.165) is 0 Å². The minimum atomic E-state index is -4.69. The second-order valence-corrected chi connectivity index (χ2v) is 7.57. The van der Waals surface area contributed by atoms with Gasteiger partial charge in [-0.2, -0.15) is 26.3 Å². The number of hydrogen-bond acceptors (Lipinski definition) is 2. The average Bonchev–Trinajstić information content (AvgIpc) is 3.12. The first-order valence-corrected chi connectivity index (χ1v) is 8.65. The molecule has 0 saturated heterocycles. The number of rotatable bonds is 4. The van der Waals surface area contributed by atoms with E-state index in [2.05, 4.69) is 0 Å². The molecule has 0 nitrogen and oxygen atoms in total. The molecule has 1 atom stereocenters. The van der Waals surface area contributed by atoms with Gasteiger partial charge in [0.2, 0.25) is 0 Å². The quantitative estimate of drug-likeness (QED) is 0.524. The molecule has 0 radical (unpaired) electrons. The zero-order valence-electron chi connectivity index (χ0n) is 12.4. The van der Waals surface area contributed by atoms with Crippen LogP contribution in [0.5, 0.6) is 0 Å². The zero-order valence-corrected chi connectivity index (χ0v) is 14.0. The van der Waals surface area contributed by atoms with Gasteiger partial charge in [0.1, 0.15) is 4.75 Å². The Kier molecular flexibility index (Phi) is 4.61. The molecule has 0 N–H and O–H groups in total. The van der Waals surface area contributed by atoms with Gasteiger partial charge in [-0.25, -0.2) is 0 Å². The van der Waals surface area contributed by atoms with E-state index in [1.54, 1.807) is 24.3 Å². The first-order valence-electron chi connectivity index (χ1n) is 7.02. The molecule has 0 heterocycles. The highest BCUT2D eigenvalue weighted by atomic mass is 32.2. The Labute approximate surface area is 148 Å². The summed E-state index contributed by atoms with van der Waals surface area (Å²) < 4.78 is 76.7. The van der Waals surface area contributed by atoms with Gasteiger partial charge in [0, 0.05) is 4.91 Å². The van der Waals surface area contributed by atoms with Gasteiger partial charge in [-0.1, -0.05) is 60.7 Å². The van der Waals surface area contributed by atoms with Gasteiger partial charge in [-0.05, 0) is 40.2 Å². The summed E-state index contributed by atoms with van der Waals surface area (Å²) in [6, 6.07) is 15.4. The molecular weight excluding hydrogens is 382 g/mol. The Hall–Kier alpha value is -1.54. The van der Waals surface area contributed by atoms with E-state index < -0.39 is 39.3 Å². The van der Waals surface area contributed by atoms with Crippen LogP contribution in [0.4, 0.5) is 26.3 Å². The van der Waals surface area contributed by atoms with Crippen molar-refractivity contribution in [3.63, 3.8) is 0 Å². The molecule has 8 heteroatoms. The number of hydrogen-bond donors (Lipinski definition) is 0. The SMILES string of the molecule is FC(F)(F)SC1=C(c2ccccc2)C1(SC(F)(F)F)c1ccccc1.